The zero-order valence-corrected chi connectivity index (χ0v) is 12.8. The van der Waals surface area contributed by atoms with Gasteiger partial charge in [-0.05, 0) is 26.3 Å². The second-order valence-corrected chi connectivity index (χ2v) is 5.37. The van der Waals surface area contributed by atoms with Gasteiger partial charge in [0, 0.05) is 30.6 Å². The van der Waals surface area contributed by atoms with Gasteiger partial charge in [0.1, 0.15) is 5.65 Å². The van der Waals surface area contributed by atoms with Gasteiger partial charge < -0.3 is 4.98 Å². The number of aryl methyl sites for hydroxylation is 4. The molecule has 21 heavy (non-hydrogen) atoms. The molecule has 0 aromatic carbocycles. The predicted molar refractivity (Wildman–Crippen MR) is 82.3 cm³/mol. The second kappa shape index (κ2) is 4.87. The maximum Gasteiger partial charge on any atom is 0.250 e. The molecule has 1 N–H and O–H groups in total. The summed E-state index contributed by atoms with van der Waals surface area (Å²) in [6.45, 7) is 6.80. The third-order valence-electron chi connectivity index (χ3n) is 3.63. The van der Waals surface area contributed by atoms with Crippen LogP contribution in [0.2, 0.25) is 0 Å². The monoisotopic (exact) mass is 285 g/mol. The lowest BCUT2D eigenvalue weighted by molar-refractivity contribution is 0.612. The van der Waals surface area contributed by atoms with Crippen LogP contribution in [0.4, 0.5) is 0 Å². The van der Waals surface area contributed by atoms with E-state index in [0.29, 0.717) is 0 Å². The maximum absolute atomic E-state index is 12.0. The fourth-order valence-corrected chi connectivity index (χ4v) is 2.83. The van der Waals surface area contributed by atoms with Crippen molar-refractivity contribution in [2.24, 2.45) is 7.05 Å². The van der Waals surface area contributed by atoms with Gasteiger partial charge >= 0.3 is 0 Å². The minimum absolute atomic E-state index is 0.117. The van der Waals surface area contributed by atoms with Crippen molar-refractivity contribution in [2.75, 3.05) is 0 Å². The number of aromatic amines is 1. The molecule has 0 unspecified atom stereocenters. The molecule has 0 saturated heterocycles. The van der Waals surface area contributed by atoms with Gasteiger partial charge in [-0.1, -0.05) is 6.92 Å². The standard InChI is InChI=1S/C15H19N5O/c1-5-6-20-15-14(10(3)18-20)11(8-13(21)16-15)12-7-9(2)17-19(12)4/h7-8H,5-6H2,1-4H3,(H,16,21). The van der Waals surface area contributed by atoms with E-state index in [4.69, 9.17) is 0 Å². The summed E-state index contributed by atoms with van der Waals surface area (Å²) in [6, 6.07) is 3.62. The Morgan fingerprint density at radius 1 is 1.24 bits per heavy atom. The summed E-state index contributed by atoms with van der Waals surface area (Å²) >= 11 is 0. The van der Waals surface area contributed by atoms with Crippen LogP contribution < -0.4 is 5.56 Å². The van der Waals surface area contributed by atoms with Crippen molar-refractivity contribution in [3.63, 3.8) is 0 Å². The molecule has 0 fully saturated rings. The number of aromatic nitrogens is 5. The average molecular weight is 285 g/mol. The van der Waals surface area contributed by atoms with E-state index in [9.17, 15) is 4.79 Å². The van der Waals surface area contributed by atoms with Gasteiger partial charge in [0.15, 0.2) is 0 Å². The first kappa shape index (κ1) is 13.6. The Labute approximate surface area is 122 Å². The molecule has 0 amide bonds. The number of hydrogen-bond acceptors (Lipinski definition) is 3. The van der Waals surface area contributed by atoms with Crippen molar-refractivity contribution in [2.45, 2.75) is 33.7 Å². The number of hydrogen-bond donors (Lipinski definition) is 1. The molecule has 3 rings (SSSR count). The Hall–Kier alpha value is -2.37. The highest BCUT2D eigenvalue weighted by atomic mass is 16.1. The van der Waals surface area contributed by atoms with Crippen LogP contribution in [0.3, 0.4) is 0 Å². The van der Waals surface area contributed by atoms with Crippen LogP contribution in [-0.2, 0) is 13.6 Å². The van der Waals surface area contributed by atoms with Crippen molar-refractivity contribution >= 4 is 11.0 Å². The number of rotatable bonds is 3. The largest absolute Gasteiger partial charge is 0.307 e. The van der Waals surface area contributed by atoms with Gasteiger partial charge in [-0.2, -0.15) is 10.2 Å². The number of H-pyrrole nitrogens is 1. The zero-order valence-electron chi connectivity index (χ0n) is 12.8. The highest BCUT2D eigenvalue weighted by Gasteiger charge is 2.16. The van der Waals surface area contributed by atoms with Crippen LogP contribution in [0.1, 0.15) is 24.7 Å². The summed E-state index contributed by atoms with van der Waals surface area (Å²) in [7, 11) is 1.89. The van der Waals surface area contributed by atoms with E-state index in [1.807, 2.05) is 31.6 Å². The van der Waals surface area contributed by atoms with Crippen LogP contribution >= 0.6 is 0 Å². The van der Waals surface area contributed by atoms with Crippen molar-refractivity contribution < 1.29 is 0 Å². The van der Waals surface area contributed by atoms with Crippen LogP contribution in [0.25, 0.3) is 22.3 Å². The topological polar surface area (TPSA) is 68.5 Å². The number of nitrogens with one attached hydrogen (secondary N) is 1. The van der Waals surface area contributed by atoms with Gasteiger partial charge in [-0.15, -0.1) is 0 Å². The van der Waals surface area contributed by atoms with Crippen molar-refractivity contribution in [1.29, 1.82) is 0 Å². The molecule has 6 nitrogen and oxygen atoms in total. The molecule has 0 saturated carbocycles. The molecule has 0 spiro atoms. The van der Waals surface area contributed by atoms with Crippen molar-refractivity contribution in [3.8, 4) is 11.3 Å². The van der Waals surface area contributed by atoms with E-state index in [0.717, 1.165) is 46.6 Å². The first-order chi connectivity index (χ1) is 10.0. The van der Waals surface area contributed by atoms with Crippen LogP contribution in [0.5, 0.6) is 0 Å². The molecule has 110 valence electrons. The fourth-order valence-electron chi connectivity index (χ4n) is 2.83. The number of pyridine rings is 1. The molecular formula is C15H19N5O. The summed E-state index contributed by atoms with van der Waals surface area (Å²) in [4.78, 5) is 15.0. The molecule has 0 bridgehead atoms. The molecule has 0 aliphatic heterocycles. The molecule has 0 atom stereocenters. The Morgan fingerprint density at radius 2 is 2.00 bits per heavy atom. The summed E-state index contributed by atoms with van der Waals surface area (Å²) < 4.78 is 3.68. The first-order valence-corrected chi connectivity index (χ1v) is 7.12. The third-order valence-corrected chi connectivity index (χ3v) is 3.63. The highest BCUT2D eigenvalue weighted by molar-refractivity contribution is 5.93. The van der Waals surface area contributed by atoms with E-state index in [1.165, 1.54) is 0 Å². The Morgan fingerprint density at radius 3 is 2.62 bits per heavy atom. The van der Waals surface area contributed by atoms with Gasteiger partial charge in [-0.25, -0.2) is 4.68 Å². The van der Waals surface area contributed by atoms with Crippen molar-refractivity contribution in [3.05, 3.63) is 33.9 Å². The minimum Gasteiger partial charge on any atom is -0.307 e. The Bertz CT molecular complexity index is 868. The first-order valence-electron chi connectivity index (χ1n) is 7.12. The zero-order chi connectivity index (χ0) is 15.1. The average Bonchev–Trinajstić information content (AvgIpc) is 2.90. The van der Waals surface area contributed by atoms with E-state index in [-0.39, 0.29) is 5.56 Å². The minimum atomic E-state index is -0.117. The quantitative estimate of drug-likeness (QED) is 0.801. The highest BCUT2D eigenvalue weighted by Crippen LogP contribution is 2.28. The maximum atomic E-state index is 12.0. The van der Waals surface area contributed by atoms with E-state index >= 15 is 0 Å². The van der Waals surface area contributed by atoms with Gasteiger partial charge in [0.25, 0.3) is 0 Å². The van der Waals surface area contributed by atoms with Crippen LogP contribution in [0.15, 0.2) is 16.9 Å². The molecule has 0 radical (unpaired) electrons. The molecule has 0 aliphatic rings. The smallest absolute Gasteiger partial charge is 0.250 e. The number of nitrogens with zero attached hydrogens (tertiary/aromatic N) is 4. The van der Waals surface area contributed by atoms with Gasteiger partial charge in [-0.3, -0.25) is 9.48 Å². The third kappa shape index (κ3) is 2.16. The lowest BCUT2D eigenvalue weighted by atomic mass is 10.1. The molecule has 6 heteroatoms. The molecule has 3 aromatic rings. The van der Waals surface area contributed by atoms with E-state index in [2.05, 4.69) is 22.1 Å². The normalized spacial score (nSPS) is 11.4. The molecular weight excluding hydrogens is 266 g/mol. The second-order valence-electron chi connectivity index (χ2n) is 5.37. The summed E-state index contributed by atoms with van der Waals surface area (Å²) in [6.07, 6.45) is 0.966. The summed E-state index contributed by atoms with van der Waals surface area (Å²) in [5.74, 6) is 0. The SMILES string of the molecule is CCCn1nc(C)c2c(-c3cc(C)nn3C)cc(=O)[nH]c21. The Kier molecular flexibility index (Phi) is 3.16. The van der Waals surface area contributed by atoms with Gasteiger partial charge in [0.05, 0.1) is 17.1 Å². The van der Waals surface area contributed by atoms with Gasteiger partial charge in [0.2, 0.25) is 5.56 Å². The van der Waals surface area contributed by atoms with Crippen molar-refractivity contribution in [1.82, 2.24) is 24.5 Å². The van der Waals surface area contributed by atoms with E-state index in [1.54, 1.807) is 10.7 Å². The predicted octanol–water partition coefficient (Wildman–Crippen LogP) is 2.15. The lowest BCUT2D eigenvalue weighted by Crippen LogP contribution is -2.09. The number of fused-ring (bicyclic) bond motifs is 1. The summed E-state index contributed by atoms with van der Waals surface area (Å²) in [5, 5.41) is 9.93. The van der Waals surface area contributed by atoms with Crippen LogP contribution in [-0.4, -0.2) is 24.5 Å². The van der Waals surface area contributed by atoms with Crippen LogP contribution in [0, 0.1) is 13.8 Å². The molecule has 3 heterocycles. The molecule has 3 aromatic heterocycles. The summed E-state index contributed by atoms with van der Waals surface area (Å²) in [5.41, 5.74) is 4.34. The Balaban J connectivity index is 2.38. The van der Waals surface area contributed by atoms with E-state index < -0.39 is 0 Å². The molecule has 0 aliphatic carbocycles. The lowest BCUT2D eigenvalue weighted by Gasteiger charge is -2.05. The fraction of sp³-hybridized carbons (Fsp3) is 0.400.